The summed E-state index contributed by atoms with van der Waals surface area (Å²) in [5.74, 6) is 0.262. The van der Waals surface area contributed by atoms with Crippen molar-refractivity contribution in [1.29, 1.82) is 0 Å². The van der Waals surface area contributed by atoms with Crippen molar-refractivity contribution < 1.29 is 28.9 Å². The molecule has 1 atom stereocenters. The molecule has 3 aromatic rings. The predicted molar refractivity (Wildman–Crippen MR) is 113 cm³/mol. The molecule has 6 heteroatoms. The minimum absolute atomic E-state index is 0.00246. The van der Waals surface area contributed by atoms with Gasteiger partial charge in [-0.25, -0.2) is 0 Å². The van der Waals surface area contributed by atoms with E-state index in [1.54, 1.807) is 30.3 Å². The van der Waals surface area contributed by atoms with Gasteiger partial charge in [0, 0.05) is 11.5 Å². The van der Waals surface area contributed by atoms with Crippen molar-refractivity contribution in [1.82, 2.24) is 0 Å². The molecule has 0 saturated heterocycles. The number of hydrogen-bond acceptors (Lipinski definition) is 6. The summed E-state index contributed by atoms with van der Waals surface area (Å²) >= 11 is 0. The van der Waals surface area contributed by atoms with E-state index in [9.17, 15) is 14.7 Å². The lowest BCUT2D eigenvalue weighted by atomic mass is 9.84. The van der Waals surface area contributed by atoms with E-state index >= 15 is 0 Å². The summed E-state index contributed by atoms with van der Waals surface area (Å²) in [4.78, 5) is 25.3. The normalized spacial score (nSPS) is 18.2. The summed E-state index contributed by atoms with van der Waals surface area (Å²) in [6, 6.07) is 17.6. The molecule has 6 nitrogen and oxygen atoms in total. The number of carbonyl (C=O) groups is 2. The summed E-state index contributed by atoms with van der Waals surface area (Å²) in [7, 11) is 1.46. The molecule has 2 aliphatic heterocycles. The van der Waals surface area contributed by atoms with Crippen molar-refractivity contribution in [3.8, 4) is 23.0 Å². The van der Waals surface area contributed by atoms with Crippen LogP contribution in [0.5, 0.6) is 23.0 Å². The summed E-state index contributed by atoms with van der Waals surface area (Å²) in [6.07, 6.45) is 1.77. The molecule has 1 unspecified atom stereocenters. The van der Waals surface area contributed by atoms with E-state index in [1.807, 2.05) is 30.3 Å². The summed E-state index contributed by atoms with van der Waals surface area (Å²) in [5.41, 5.74) is 2.65. The van der Waals surface area contributed by atoms with Crippen LogP contribution in [0.3, 0.4) is 0 Å². The van der Waals surface area contributed by atoms with Crippen LogP contribution in [0.4, 0.5) is 0 Å². The average Bonchev–Trinajstić information content (AvgIpc) is 3.09. The molecule has 154 valence electrons. The first kappa shape index (κ1) is 18.9. The third-order valence-corrected chi connectivity index (χ3v) is 5.48. The van der Waals surface area contributed by atoms with E-state index in [-0.39, 0.29) is 29.7 Å². The predicted octanol–water partition coefficient (Wildman–Crippen LogP) is 4.46. The van der Waals surface area contributed by atoms with E-state index < -0.39 is 5.92 Å². The lowest BCUT2D eigenvalue weighted by Crippen LogP contribution is -2.21. The lowest BCUT2D eigenvalue weighted by molar-refractivity contribution is -0.135. The van der Waals surface area contributed by atoms with Crippen LogP contribution >= 0.6 is 0 Å². The van der Waals surface area contributed by atoms with Crippen LogP contribution < -0.4 is 14.2 Å². The van der Waals surface area contributed by atoms with Crippen LogP contribution in [0.25, 0.3) is 6.08 Å². The number of benzene rings is 3. The van der Waals surface area contributed by atoms with Gasteiger partial charge in [-0.15, -0.1) is 0 Å². The second-order valence-corrected chi connectivity index (χ2v) is 7.37. The second-order valence-electron chi connectivity index (χ2n) is 7.37. The molecule has 0 spiro atoms. The SMILES string of the molecule is COc1cc(C2CC(=O)Oc3ccc4c(c32)O/C(=C\c2ccccc2)C4=O)ccc1O. The minimum Gasteiger partial charge on any atom is -0.504 e. The molecular weight excluding hydrogens is 396 g/mol. The average molecular weight is 414 g/mol. The quantitative estimate of drug-likeness (QED) is 0.387. The standard InChI is InChI=1S/C25H18O6/c1-29-20-12-15(7-9-18(20)26)17-13-22(27)30-19-10-8-16-24(28)21(31-25(16)23(17)19)11-14-5-3-2-4-6-14/h2-12,17,26H,13H2,1H3/b21-11-. The number of fused-ring (bicyclic) bond motifs is 3. The van der Waals surface area contributed by atoms with Crippen molar-refractivity contribution >= 4 is 17.8 Å². The van der Waals surface area contributed by atoms with Crippen molar-refractivity contribution in [2.45, 2.75) is 12.3 Å². The monoisotopic (exact) mass is 414 g/mol. The number of aromatic hydroxyl groups is 1. The number of Topliss-reactive ketones (excluding diaryl/α,β-unsaturated/α-hetero) is 1. The maximum atomic E-state index is 13.0. The maximum absolute atomic E-state index is 13.0. The number of rotatable bonds is 3. The molecule has 2 aliphatic rings. The number of phenols is 1. The van der Waals surface area contributed by atoms with Crippen LogP contribution in [0.1, 0.15) is 39.4 Å². The molecule has 0 aromatic heterocycles. The fourth-order valence-electron chi connectivity index (χ4n) is 4.00. The Kier molecular flexibility index (Phi) is 4.47. The van der Waals surface area contributed by atoms with Gasteiger partial charge in [0.05, 0.1) is 19.1 Å². The Morgan fingerprint density at radius 3 is 2.61 bits per heavy atom. The van der Waals surface area contributed by atoms with E-state index in [1.165, 1.54) is 13.2 Å². The van der Waals surface area contributed by atoms with E-state index in [2.05, 4.69) is 0 Å². The van der Waals surface area contributed by atoms with Crippen LogP contribution in [-0.4, -0.2) is 24.0 Å². The van der Waals surface area contributed by atoms with E-state index in [0.29, 0.717) is 28.4 Å². The van der Waals surface area contributed by atoms with Crippen molar-refractivity contribution in [3.05, 3.63) is 88.7 Å². The van der Waals surface area contributed by atoms with Crippen molar-refractivity contribution in [2.24, 2.45) is 0 Å². The molecule has 0 fully saturated rings. The number of esters is 1. The highest BCUT2D eigenvalue weighted by molar-refractivity contribution is 6.15. The van der Waals surface area contributed by atoms with Gasteiger partial charge in [0.2, 0.25) is 5.78 Å². The van der Waals surface area contributed by atoms with Gasteiger partial charge in [-0.3, -0.25) is 9.59 Å². The molecule has 5 rings (SSSR count). The van der Waals surface area contributed by atoms with Crippen LogP contribution in [0.15, 0.2) is 66.4 Å². The molecule has 2 heterocycles. The molecule has 0 radical (unpaired) electrons. The Labute approximate surface area is 178 Å². The maximum Gasteiger partial charge on any atom is 0.312 e. The van der Waals surface area contributed by atoms with Crippen molar-refractivity contribution in [2.75, 3.05) is 7.11 Å². The fraction of sp³-hybridized carbons (Fsp3) is 0.120. The van der Waals surface area contributed by atoms with Crippen LogP contribution in [0, 0.1) is 0 Å². The third kappa shape index (κ3) is 3.22. The Morgan fingerprint density at radius 1 is 1.03 bits per heavy atom. The van der Waals surface area contributed by atoms with E-state index in [0.717, 1.165) is 11.1 Å². The van der Waals surface area contributed by atoms with Gasteiger partial charge in [0.1, 0.15) is 11.5 Å². The topological polar surface area (TPSA) is 82.1 Å². The van der Waals surface area contributed by atoms with Gasteiger partial charge < -0.3 is 19.3 Å². The zero-order chi connectivity index (χ0) is 21.5. The highest BCUT2D eigenvalue weighted by Gasteiger charge is 2.38. The van der Waals surface area contributed by atoms with Gasteiger partial charge in [0.15, 0.2) is 17.3 Å². The Hall–Kier alpha value is -4.06. The Balaban J connectivity index is 1.63. The number of allylic oxidation sites excluding steroid dienone is 1. The van der Waals surface area contributed by atoms with Crippen LogP contribution in [0.2, 0.25) is 0 Å². The fourth-order valence-corrected chi connectivity index (χ4v) is 4.00. The van der Waals surface area contributed by atoms with Crippen LogP contribution in [-0.2, 0) is 4.79 Å². The molecule has 0 amide bonds. The van der Waals surface area contributed by atoms with Crippen molar-refractivity contribution in [3.63, 3.8) is 0 Å². The van der Waals surface area contributed by atoms with Gasteiger partial charge in [0.25, 0.3) is 0 Å². The minimum atomic E-state index is -0.412. The largest absolute Gasteiger partial charge is 0.504 e. The Morgan fingerprint density at radius 2 is 1.84 bits per heavy atom. The first-order chi connectivity index (χ1) is 15.0. The first-order valence-electron chi connectivity index (χ1n) is 9.79. The molecular formula is C25H18O6. The second kappa shape index (κ2) is 7.32. The zero-order valence-electron chi connectivity index (χ0n) is 16.6. The number of phenolic OH excluding ortho intramolecular Hbond substituents is 1. The van der Waals surface area contributed by atoms with Gasteiger partial charge >= 0.3 is 5.97 Å². The number of ether oxygens (including phenoxy) is 3. The number of carbonyl (C=O) groups excluding carboxylic acids is 2. The summed E-state index contributed by atoms with van der Waals surface area (Å²) in [6.45, 7) is 0. The molecule has 3 aromatic carbocycles. The zero-order valence-corrected chi connectivity index (χ0v) is 16.6. The number of hydrogen-bond donors (Lipinski definition) is 1. The summed E-state index contributed by atoms with van der Waals surface area (Å²) in [5, 5.41) is 9.95. The van der Waals surface area contributed by atoms with E-state index in [4.69, 9.17) is 14.2 Å². The lowest BCUT2D eigenvalue weighted by Gasteiger charge is -2.26. The van der Waals surface area contributed by atoms with Gasteiger partial charge in [-0.2, -0.15) is 0 Å². The number of methoxy groups -OCH3 is 1. The summed E-state index contributed by atoms with van der Waals surface area (Å²) < 4.78 is 16.7. The molecule has 0 saturated carbocycles. The highest BCUT2D eigenvalue weighted by atomic mass is 16.5. The smallest absolute Gasteiger partial charge is 0.312 e. The molecule has 31 heavy (non-hydrogen) atoms. The third-order valence-electron chi connectivity index (χ3n) is 5.48. The van der Waals surface area contributed by atoms with Gasteiger partial charge in [-0.05, 0) is 41.5 Å². The Bertz CT molecular complexity index is 1240. The van der Waals surface area contributed by atoms with Gasteiger partial charge in [-0.1, -0.05) is 36.4 Å². The first-order valence-corrected chi connectivity index (χ1v) is 9.79. The molecule has 0 aliphatic carbocycles. The molecule has 0 bridgehead atoms. The number of ketones is 1. The molecule has 1 N–H and O–H groups in total. The highest BCUT2D eigenvalue weighted by Crippen LogP contribution is 2.49.